The van der Waals surface area contributed by atoms with Crippen LogP contribution < -0.4 is 9.80 Å². The third-order valence-corrected chi connectivity index (χ3v) is 5.77. The fourth-order valence-electron chi connectivity index (χ4n) is 4.23. The molecule has 0 spiro atoms. The third kappa shape index (κ3) is 3.58. The zero-order chi connectivity index (χ0) is 21.4. The van der Waals surface area contributed by atoms with Crippen LogP contribution in [0.25, 0.3) is 5.57 Å². The molecule has 5 nitrogen and oxygen atoms in total. The number of benzene rings is 2. The molecule has 2 aliphatic heterocycles. The number of nitrogens with zero attached hydrogens (tertiary/aromatic N) is 3. The first-order valence-corrected chi connectivity index (χ1v) is 10.3. The van der Waals surface area contributed by atoms with Crippen LogP contribution in [0.5, 0.6) is 0 Å². The molecule has 0 bridgehead atoms. The van der Waals surface area contributed by atoms with E-state index in [1.54, 1.807) is 18.2 Å². The smallest absolute Gasteiger partial charge is 0.282 e. The van der Waals surface area contributed by atoms with Crippen molar-refractivity contribution >= 4 is 28.8 Å². The monoisotopic (exact) mass is 407 g/mol. The lowest BCUT2D eigenvalue weighted by Crippen LogP contribution is -2.39. The van der Waals surface area contributed by atoms with Crippen molar-refractivity contribution in [3.05, 3.63) is 65.6 Å². The maximum atomic E-state index is 13.6. The Morgan fingerprint density at radius 1 is 1.03 bits per heavy atom. The van der Waals surface area contributed by atoms with Gasteiger partial charge in [0.1, 0.15) is 11.5 Å². The van der Waals surface area contributed by atoms with E-state index in [1.165, 1.54) is 17.0 Å². The minimum absolute atomic E-state index is 0.315. The average Bonchev–Trinajstić information content (AvgIpc) is 2.99. The quantitative estimate of drug-likeness (QED) is 0.721. The second kappa shape index (κ2) is 7.94. The van der Waals surface area contributed by atoms with Crippen molar-refractivity contribution in [2.24, 2.45) is 5.92 Å². The van der Waals surface area contributed by atoms with Gasteiger partial charge in [-0.05, 0) is 54.7 Å². The van der Waals surface area contributed by atoms with Gasteiger partial charge in [-0.25, -0.2) is 9.29 Å². The van der Waals surface area contributed by atoms with Gasteiger partial charge in [0.05, 0.1) is 11.3 Å². The van der Waals surface area contributed by atoms with Crippen LogP contribution in [0.4, 0.5) is 15.8 Å². The Morgan fingerprint density at radius 2 is 1.77 bits per heavy atom. The predicted octanol–water partition coefficient (Wildman–Crippen LogP) is 3.91. The van der Waals surface area contributed by atoms with Gasteiger partial charge in [0.25, 0.3) is 11.8 Å². The van der Waals surface area contributed by atoms with E-state index in [1.807, 2.05) is 42.1 Å². The SMILES string of the molecule is CC1CCCN(C2=C(c3ccc(F)cc3)C(=O)N(c3cccc(N(C)C)c3)C2=O)C1. The van der Waals surface area contributed by atoms with Crippen LogP contribution in [0.1, 0.15) is 25.3 Å². The van der Waals surface area contributed by atoms with E-state index in [4.69, 9.17) is 0 Å². The fraction of sp³-hybridized carbons (Fsp3) is 0.333. The second-order valence-electron chi connectivity index (χ2n) is 8.28. The Hall–Kier alpha value is -3.15. The Bertz CT molecular complexity index is 1010. The number of carbonyl (C=O) groups excluding carboxylic acids is 2. The molecule has 30 heavy (non-hydrogen) atoms. The highest BCUT2D eigenvalue weighted by molar-refractivity contribution is 6.45. The number of rotatable bonds is 4. The third-order valence-electron chi connectivity index (χ3n) is 5.77. The van der Waals surface area contributed by atoms with E-state index in [0.29, 0.717) is 28.4 Å². The van der Waals surface area contributed by atoms with Gasteiger partial charge in [-0.3, -0.25) is 9.59 Å². The van der Waals surface area contributed by atoms with Crippen molar-refractivity contribution in [1.29, 1.82) is 0 Å². The fourth-order valence-corrected chi connectivity index (χ4v) is 4.23. The topological polar surface area (TPSA) is 43.9 Å². The molecule has 0 radical (unpaired) electrons. The van der Waals surface area contributed by atoms with Crippen LogP contribution in [0.15, 0.2) is 54.2 Å². The van der Waals surface area contributed by atoms with E-state index in [0.717, 1.165) is 31.6 Å². The van der Waals surface area contributed by atoms with Crippen LogP contribution in [0.2, 0.25) is 0 Å². The van der Waals surface area contributed by atoms with Gasteiger partial charge >= 0.3 is 0 Å². The number of piperidine rings is 1. The highest BCUT2D eigenvalue weighted by atomic mass is 19.1. The zero-order valence-electron chi connectivity index (χ0n) is 17.6. The average molecular weight is 407 g/mol. The standard InChI is InChI=1S/C24H26FN3O2/c1-16-6-5-13-27(15-16)22-21(17-9-11-18(25)12-10-17)23(29)28(24(22)30)20-8-4-7-19(14-20)26(2)3/h4,7-12,14,16H,5-6,13,15H2,1-3H3. The molecule has 2 heterocycles. The number of amides is 2. The largest absolute Gasteiger partial charge is 0.378 e. The molecule has 2 aromatic rings. The minimum Gasteiger partial charge on any atom is -0.378 e. The molecule has 2 aliphatic rings. The molecule has 0 aliphatic carbocycles. The lowest BCUT2D eigenvalue weighted by molar-refractivity contribution is -0.120. The number of hydrogen-bond donors (Lipinski definition) is 0. The molecular formula is C24H26FN3O2. The summed E-state index contributed by atoms with van der Waals surface area (Å²) in [6, 6.07) is 13.2. The molecule has 0 aromatic heterocycles. The van der Waals surface area contributed by atoms with E-state index in [2.05, 4.69) is 6.92 Å². The number of halogens is 1. The number of imide groups is 1. The molecule has 0 N–H and O–H groups in total. The van der Waals surface area contributed by atoms with Gasteiger partial charge in [-0.1, -0.05) is 25.1 Å². The van der Waals surface area contributed by atoms with E-state index >= 15 is 0 Å². The maximum Gasteiger partial charge on any atom is 0.282 e. The van der Waals surface area contributed by atoms with Crippen molar-refractivity contribution in [2.45, 2.75) is 19.8 Å². The molecule has 156 valence electrons. The highest BCUT2D eigenvalue weighted by Crippen LogP contribution is 2.37. The summed E-state index contributed by atoms with van der Waals surface area (Å²) in [4.78, 5) is 32.3. The summed E-state index contributed by atoms with van der Waals surface area (Å²) >= 11 is 0. The van der Waals surface area contributed by atoms with Gasteiger partial charge in [0, 0.05) is 32.9 Å². The molecule has 1 atom stereocenters. The molecule has 0 saturated carbocycles. The number of likely N-dealkylation sites (tertiary alicyclic amines) is 1. The molecule has 2 aromatic carbocycles. The molecule has 4 rings (SSSR count). The molecule has 6 heteroatoms. The van der Waals surface area contributed by atoms with Gasteiger partial charge in [-0.15, -0.1) is 0 Å². The van der Waals surface area contributed by atoms with Crippen molar-refractivity contribution in [2.75, 3.05) is 37.0 Å². The summed E-state index contributed by atoms with van der Waals surface area (Å²) < 4.78 is 13.5. The van der Waals surface area contributed by atoms with E-state index < -0.39 is 0 Å². The van der Waals surface area contributed by atoms with Crippen LogP contribution in [-0.4, -0.2) is 43.9 Å². The Kier molecular flexibility index (Phi) is 5.33. The van der Waals surface area contributed by atoms with Crippen LogP contribution in [-0.2, 0) is 9.59 Å². The Balaban J connectivity index is 1.81. The first-order chi connectivity index (χ1) is 14.4. The Labute approximate surface area is 176 Å². The summed E-state index contributed by atoms with van der Waals surface area (Å²) in [6.07, 6.45) is 2.07. The second-order valence-corrected chi connectivity index (χ2v) is 8.28. The van der Waals surface area contributed by atoms with Crippen molar-refractivity contribution in [3.8, 4) is 0 Å². The van der Waals surface area contributed by atoms with Crippen LogP contribution in [0, 0.1) is 11.7 Å². The van der Waals surface area contributed by atoms with E-state index in [-0.39, 0.29) is 17.6 Å². The maximum absolute atomic E-state index is 13.6. The van der Waals surface area contributed by atoms with Gasteiger partial charge < -0.3 is 9.80 Å². The summed E-state index contributed by atoms with van der Waals surface area (Å²) in [5.41, 5.74) is 2.78. The lowest BCUT2D eigenvalue weighted by Gasteiger charge is -2.33. The van der Waals surface area contributed by atoms with Crippen molar-refractivity contribution in [3.63, 3.8) is 0 Å². The lowest BCUT2D eigenvalue weighted by atomic mass is 9.98. The molecule has 1 unspecified atom stereocenters. The van der Waals surface area contributed by atoms with Crippen LogP contribution in [0.3, 0.4) is 0 Å². The van der Waals surface area contributed by atoms with Gasteiger partial charge in [0.15, 0.2) is 0 Å². The number of anilines is 2. The first kappa shape index (κ1) is 20.1. The number of hydrogen-bond acceptors (Lipinski definition) is 4. The first-order valence-electron chi connectivity index (χ1n) is 10.3. The molecule has 1 fully saturated rings. The van der Waals surface area contributed by atoms with Crippen molar-refractivity contribution in [1.82, 2.24) is 4.90 Å². The Morgan fingerprint density at radius 3 is 2.43 bits per heavy atom. The zero-order valence-corrected chi connectivity index (χ0v) is 17.6. The van der Waals surface area contributed by atoms with Crippen LogP contribution >= 0.6 is 0 Å². The normalized spacial score (nSPS) is 19.7. The van der Waals surface area contributed by atoms with Gasteiger partial charge in [0.2, 0.25) is 0 Å². The highest BCUT2D eigenvalue weighted by Gasteiger charge is 2.43. The summed E-state index contributed by atoms with van der Waals surface area (Å²) in [5, 5.41) is 0. The number of carbonyl (C=O) groups is 2. The molecular weight excluding hydrogens is 381 g/mol. The summed E-state index contributed by atoms with van der Waals surface area (Å²) in [7, 11) is 3.82. The summed E-state index contributed by atoms with van der Waals surface area (Å²) in [6.45, 7) is 3.61. The molecule has 1 saturated heterocycles. The molecule has 2 amide bonds. The minimum atomic E-state index is -0.375. The summed E-state index contributed by atoms with van der Waals surface area (Å²) in [5.74, 6) is -0.616. The van der Waals surface area contributed by atoms with E-state index in [9.17, 15) is 14.0 Å². The predicted molar refractivity (Wildman–Crippen MR) is 117 cm³/mol. The van der Waals surface area contributed by atoms with Crippen molar-refractivity contribution < 1.29 is 14.0 Å². The van der Waals surface area contributed by atoms with Gasteiger partial charge in [-0.2, -0.15) is 0 Å².